The number of anilines is 1. The Bertz CT molecular complexity index is 1040. The zero-order chi connectivity index (χ0) is 20.3. The van der Waals surface area contributed by atoms with Gasteiger partial charge in [-0.1, -0.05) is 28.1 Å². The molecule has 0 atom stereocenters. The van der Waals surface area contributed by atoms with E-state index in [0.29, 0.717) is 16.3 Å². The quantitative estimate of drug-likeness (QED) is 0.597. The van der Waals surface area contributed by atoms with Gasteiger partial charge in [0.15, 0.2) is 0 Å². The van der Waals surface area contributed by atoms with Gasteiger partial charge in [0, 0.05) is 28.2 Å². The molecule has 2 amide bonds. The molecule has 0 aliphatic carbocycles. The third-order valence-electron chi connectivity index (χ3n) is 4.02. The van der Waals surface area contributed by atoms with E-state index in [2.05, 4.69) is 26.2 Å². The van der Waals surface area contributed by atoms with Crippen LogP contribution in [0.25, 0.3) is 10.6 Å². The number of carbonyl (C=O) groups excluding carboxylic acids is 2. The zero-order valence-electron chi connectivity index (χ0n) is 15.2. The lowest BCUT2D eigenvalue weighted by Gasteiger charge is -2.16. The van der Waals surface area contributed by atoms with Crippen LogP contribution < -0.4 is 5.32 Å². The van der Waals surface area contributed by atoms with Crippen molar-refractivity contribution in [2.45, 2.75) is 6.92 Å². The van der Waals surface area contributed by atoms with Crippen LogP contribution in [0.4, 0.5) is 10.1 Å². The molecule has 0 radical (unpaired) electrons. The first-order valence-corrected chi connectivity index (χ1v) is 10.0. The minimum absolute atomic E-state index is 0.124. The molecule has 1 aromatic heterocycles. The number of thiazole rings is 1. The van der Waals surface area contributed by atoms with Crippen LogP contribution in [0.3, 0.4) is 0 Å². The number of nitrogens with one attached hydrogen (secondary N) is 1. The van der Waals surface area contributed by atoms with Crippen LogP contribution in [0.5, 0.6) is 0 Å². The van der Waals surface area contributed by atoms with Crippen molar-refractivity contribution in [1.82, 2.24) is 9.88 Å². The van der Waals surface area contributed by atoms with E-state index in [1.54, 1.807) is 29.6 Å². The molecule has 8 heteroatoms. The zero-order valence-corrected chi connectivity index (χ0v) is 17.6. The van der Waals surface area contributed by atoms with Crippen molar-refractivity contribution in [2.75, 3.05) is 18.9 Å². The van der Waals surface area contributed by atoms with E-state index in [-0.39, 0.29) is 18.1 Å². The highest BCUT2D eigenvalue weighted by Gasteiger charge is 2.19. The largest absolute Gasteiger partial charge is 0.331 e. The molecule has 0 bridgehead atoms. The number of likely N-dealkylation sites (N-methyl/N-ethyl adjacent to an activating group) is 1. The summed E-state index contributed by atoms with van der Waals surface area (Å²) in [7, 11) is 1.53. The molecule has 0 aliphatic rings. The summed E-state index contributed by atoms with van der Waals surface area (Å²) in [6, 6.07) is 11.8. The number of hydrogen-bond donors (Lipinski definition) is 1. The molecule has 28 heavy (non-hydrogen) atoms. The van der Waals surface area contributed by atoms with Crippen LogP contribution >= 0.6 is 27.3 Å². The Kier molecular flexibility index (Phi) is 6.21. The molecule has 3 aromatic rings. The third-order valence-corrected chi connectivity index (χ3v) is 5.39. The van der Waals surface area contributed by atoms with Gasteiger partial charge in [0.1, 0.15) is 16.5 Å². The summed E-state index contributed by atoms with van der Waals surface area (Å²) in [4.78, 5) is 30.4. The number of rotatable bonds is 5. The molecule has 1 heterocycles. The number of benzene rings is 2. The van der Waals surface area contributed by atoms with Crippen molar-refractivity contribution in [3.05, 3.63) is 69.4 Å². The van der Waals surface area contributed by atoms with Gasteiger partial charge in [0.05, 0.1) is 6.54 Å². The molecule has 3 rings (SSSR count). The van der Waals surface area contributed by atoms with Crippen molar-refractivity contribution in [3.63, 3.8) is 0 Å². The van der Waals surface area contributed by atoms with E-state index in [4.69, 9.17) is 0 Å². The van der Waals surface area contributed by atoms with E-state index in [1.807, 2.05) is 19.1 Å². The van der Waals surface area contributed by atoms with Gasteiger partial charge >= 0.3 is 0 Å². The highest BCUT2D eigenvalue weighted by Crippen LogP contribution is 2.26. The molecular weight excluding hydrogens is 445 g/mol. The first-order chi connectivity index (χ1) is 13.3. The predicted molar refractivity (Wildman–Crippen MR) is 112 cm³/mol. The van der Waals surface area contributed by atoms with Crippen molar-refractivity contribution in [2.24, 2.45) is 0 Å². The monoisotopic (exact) mass is 461 g/mol. The number of hydrogen-bond acceptors (Lipinski definition) is 4. The highest BCUT2D eigenvalue weighted by molar-refractivity contribution is 9.10. The number of amides is 2. The number of nitrogens with zero attached hydrogens (tertiary/aromatic N) is 2. The molecule has 0 unspecified atom stereocenters. The first-order valence-electron chi connectivity index (χ1n) is 8.37. The Morgan fingerprint density at radius 1 is 1.25 bits per heavy atom. The maximum atomic E-state index is 13.9. The summed E-state index contributed by atoms with van der Waals surface area (Å²) < 4.78 is 14.8. The molecule has 144 valence electrons. The Morgan fingerprint density at radius 2 is 2.00 bits per heavy atom. The Balaban J connectivity index is 1.66. The minimum atomic E-state index is -0.401. The fraction of sp³-hybridized carbons (Fsp3) is 0.150. The molecule has 0 saturated heterocycles. The second kappa shape index (κ2) is 8.62. The van der Waals surface area contributed by atoms with E-state index in [9.17, 15) is 14.0 Å². The molecule has 0 fully saturated rings. The Morgan fingerprint density at radius 3 is 2.71 bits per heavy atom. The van der Waals surface area contributed by atoms with E-state index >= 15 is 0 Å². The smallest absolute Gasteiger partial charge is 0.273 e. The molecule has 0 aliphatic heterocycles. The summed E-state index contributed by atoms with van der Waals surface area (Å²) in [5.41, 5.74) is 2.12. The van der Waals surface area contributed by atoms with Crippen molar-refractivity contribution in [1.29, 1.82) is 0 Å². The van der Waals surface area contributed by atoms with Gasteiger partial charge in [0.2, 0.25) is 5.91 Å². The predicted octanol–water partition coefficient (Wildman–Crippen LogP) is 4.73. The summed E-state index contributed by atoms with van der Waals surface area (Å²) in [5.74, 6) is -1.11. The normalized spacial score (nSPS) is 10.6. The third kappa shape index (κ3) is 4.63. The fourth-order valence-electron chi connectivity index (χ4n) is 2.57. The number of aromatic nitrogens is 1. The average Bonchev–Trinajstić information content (AvgIpc) is 3.13. The van der Waals surface area contributed by atoms with E-state index in [0.717, 1.165) is 10.0 Å². The number of halogens is 2. The summed E-state index contributed by atoms with van der Waals surface area (Å²) in [6.45, 7) is 1.76. The second-order valence-electron chi connectivity index (χ2n) is 6.19. The van der Waals surface area contributed by atoms with Gasteiger partial charge in [-0.25, -0.2) is 9.37 Å². The van der Waals surface area contributed by atoms with Crippen molar-refractivity contribution in [3.8, 4) is 10.6 Å². The highest BCUT2D eigenvalue weighted by atomic mass is 79.9. The Hall–Kier alpha value is -2.58. The SMILES string of the molecule is Cc1cc(Br)ccc1NC(=O)CN(C)C(=O)c1csc(-c2ccccc2F)n1. The van der Waals surface area contributed by atoms with Crippen LogP contribution in [0.15, 0.2) is 52.3 Å². The Labute approximate surface area is 174 Å². The van der Waals surface area contributed by atoms with Crippen molar-refractivity contribution < 1.29 is 14.0 Å². The summed E-state index contributed by atoms with van der Waals surface area (Å²) in [5, 5.41) is 4.78. The topological polar surface area (TPSA) is 62.3 Å². The van der Waals surface area contributed by atoms with Crippen LogP contribution in [0.1, 0.15) is 16.1 Å². The molecule has 5 nitrogen and oxygen atoms in total. The lowest BCUT2D eigenvalue weighted by atomic mass is 10.2. The fourth-order valence-corrected chi connectivity index (χ4v) is 3.87. The van der Waals surface area contributed by atoms with Gasteiger partial charge in [-0.3, -0.25) is 9.59 Å². The van der Waals surface area contributed by atoms with Crippen LogP contribution in [-0.4, -0.2) is 35.3 Å². The maximum absolute atomic E-state index is 13.9. The van der Waals surface area contributed by atoms with Gasteiger partial charge < -0.3 is 10.2 Å². The second-order valence-corrected chi connectivity index (χ2v) is 7.96. The van der Waals surface area contributed by atoms with Crippen LogP contribution in [0.2, 0.25) is 0 Å². The average molecular weight is 462 g/mol. The van der Waals surface area contributed by atoms with Gasteiger partial charge in [-0.2, -0.15) is 0 Å². The van der Waals surface area contributed by atoms with E-state index in [1.165, 1.54) is 29.4 Å². The van der Waals surface area contributed by atoms with Crippen LogP contribution in [0, 0.1) is 12.7 Å². The molecular formula is C20H17BrFN3O2S. The molecule has 1 N–H and O–H groups in total. The van der Waals surface area contributed by atoms with Crippen molar-refractivity contribution >= 4 is 44.8 Å². The summed E-state index contributed by atoms with van der Waals surface area (Å²) in [6.07, 6.45) is 0. The molecule has 2 aromatic carbocycles. The molecule has 0 saturated carbocycles. The lowest BCUT2D eigenvalue weighted by Crippen LogP contribution is -2.35. The maximum Gasteiger partial charge on any atom is 0.273 e. The first kappa shape index (κ1) is 20.2. The van der Waals surface area contributed by atoms with Gasteiger partial charge in [-0.05, 0) is 42.8 Å². The standard InChI is InChI=1S/C20H17BrFN3O2S/c1-12-9-13(21)7-8-16(12)23-18(26)10-25(2)20(27)17-11-28-19(24-17)14-5-3-4-6-15(14)22/h3-9,11H,10H2,1-2H3,(H,23,26). The molecule has 0 spiro atoms. The van der Waals surface area contributed by atoms with Gasteiger partial charge in [0.25, 0.3) is 5.91 Å². The summed E-state index contributed by atoms with van der Waals surface area (Å²) >= 11 is 4.56. The number of aryl methyl sites for hydroxylation is 1. The van der Waals surface area contributed by atoms with Gasteiger partial charge in [-0.15, -0.1) is 11.3 Å². The number of carbonyl (C=O) groups is 2. The van der Waals surface area contributed by atoms with E-state index < -0.39 is 11.7 Å². The van der Waals surface area contributed by atoms with Crippen LogP contribution in [-0.2, 0) is 4.79 Å². The lowest BCUT2D eigenvalue weighted by molar-refractivity contribution is -0.116. The minimum Gasteiger partial charge on any atom is -0.331 e.